The number of aromatic nitrogens is 1. The number of allylic oxidation sites excluding steroid dienone is 2. The topological polar surface area (TPSA) is 116 Å². The minimum absolute atomic E-state index is 0.0740. The summed E-state index contributed by atoms with van der Waals surface area (Å²) in [6.45, 7) is 7.89. The van der Waals surface area contributed by atoms with Crippen LogP contribution >= 0.6 is 0 Å². The number of ether oxygens (including phenoxy) is 1. The molecule has 0 amide bonds. The van der Waals surface area contributed by atoms with Gasteiger partial charge in [0.1, 0.15) is 28.8 Å². The number of carbonyl (C=O) groups is 4. The van der Waals surface area contributed by atoms with Crippen molar-refractivity contribution in [2.75, 3.05) is 7.11 Å². The second kappa shape index (κ2) is 9.91. The Morgan fingerprint density at radius 3 is 2.23 bits per heavy atom. The van der Waals surface area contributed by atoms with Crippen molar-refractivity contribution < 1.29 is 33.4 Å². The zero-order valence-electron chi connectivity index (χ0n) is 23.6. The third kappa shape index (κ3) is 5.03. The van der Waals surface area contributed by atoms with Gasteiger partial charge in [0.25, 0.3) is 0 Å². The number of carbonyl (C=O) groups excluding carboxylic acids is 4. The Hall–Kier alpha value is -3.94. The molecular formula is C32H35NO7. The first-order chi connectivity index (χ1) is 18.8. The SMILES string of the molecule is COC(=O)c1cc2oc(C(C3=C(O)CC(C)(C)CC3=O)C3C(=O)CC(C)(C)CC3=O)cc2n1Cc1ccccc1. The summed E-state index contributed by atoms with van der Waals surface area (Å²) in [6.07, 6.45) is 0.787. The first-order valence-electron chi connectivity index (χ1n) is 13.6. The molecule has 2 heterocycles. The summed E-state index contributed by atoms with van der Waals surface area (Å²) in [6, 6.07) is 12.8. The molecule has 5 rings (SSSR count). The van der Waals surface area contributed by atoms with Gasteiger partial charge in [0.15, 0.2) is 11.4 Å². The van der Waals surface area contributed by atoms with E-state index in [0.717, 1.165) is 5.56 Å². The Kier molecular flexibility index (Phi) is 6.84. The highest BCUT2D eigenvalue weighted by molar-refractivity contribution is 6.09. The van der Waals surface area contributed by atoms with E-state index in [2.05, 4.69) is 0 Å². The van der Waals surface area contributed by atoms with Crippen molar-refractivity contribution >= 4 is 34.4 Å². The monoisotopic (exact) mass is 545 g/mol. The van der Waals surface area contributed by atoms with E-state index in [1.807, 2.05) is 58.0 Å². The molecule has 1 N–H and O–H groups in total. The van der Waals surface area contributed by atoms with Crippen molar-refractivity contribution in [1.29, 1.82) is 0 Å². The Labute approximate surface area is 233 Å². The second-order valence-electron chi connectivity index (χ2n) is 12.7. The van der Waals surface area contributed by atoms with Crippen LogP contribution in [-0.2, 0) is 25.7 Å². The van der Waals surface area contributed by atoms with E-state index in [0.29, 0.717) is 17.6 Å². The fourth-order valence-corrected chi connectivity index (χ4v) is 6.33. The van der Waals surface area contributed by atoms with E-state index in [1.54, 1.807) is 16.7 Å². The number of hydrogen-bond acceptors (Lipinski definition) is 7. The first kappa shape index (κ1) is 27.6. The minimum atomic E-state index is -1.15. The van der Waals surface area contributed by atoms with E-state index in [4.69, 9.17) is 9.15 Å². The fourth-order valence-electron chi connectivity index (χ4n) is 6.33. The predicted molar refractivity (Wildman–Crippen MR) is 148 cm³/mol. The summed E-state index contributed by atoms with van der Waals surface area (Å²) in [7, 11) is 1.30. The molecule has 8 nitrogen and oxygen atoms in total. The highest BCUT2D eigenvalue weighted by Crippen LogP contribution is 2.48. The number of nitrogens with zero attached hydrogens (tertiary/aromatic N) is 1. The van der Waals surface area contributed by atoms with Crippen LogP contribution < -0.4 is 0 Å². The van der Waals surface area contributed by atoms with Crippen LogP contribution in [0.1, 0.15) is 81.1 Å². The molecule has 0 spiro atoms. The third-order valence-electron chi connectivity index (χ3n) is 8.03. The van der Waals surface area contributed by atoms with Gasteiger partial charge in [-0.15, -0.1) is 0 Å². The van der Waals surface area contributed by atoms with Gasteiger partial charge in [-0.1, -0.05) is 58.0 Å². The van der Waals surface area contributed by atoms with Gasteiger partial charge in [0.2, 0.25) is 0 Å². The Morgan fingerprint density at radius 1 is 1.00 bits per heavy atom. The lowest BCUT2D eigenvalue weighted by Crippen LogP contribution is -2.43. The van der Waals surface area contributed by atoms with Gasteiger partial charge in [-0.3, -0.25) is 14.4 Å². The van der Waals surface area contributed by atoms with Crippen LogP contribution in [0.5, 0.6) is 0 Å². The van der Waals surface area contributed by atoms with Gasteiger partial charge in [0.05, 0.1) is 24.5 Å². The van der Waals surface area contributed by atoms with Crippen LogP contribution in [0.3, 0.4) is 0 Å². The number of aliphatic hydroxyl groups is 1. The highest BCUT2D eigenvalue weighted by Gasteiger charge is 2.49. The maximum absolute atomic E-state index is 13.5. The van der Waals surface area contributed by atoms with Crippen molar-refractivity contribution in [3.63, 3.8) is 0 Å². The lowest BCUT2D eigenvalue weighted by atomic mass is 9.63. The van der Waals surface area contributed by atoms with Crippen LogP contribution in [-0.4, -0.2) is 40.1 Å². The molecule has 1 aromatic carbocycles. The molecule has 3 aromatic rings. The average Bonchev–Trinajstić information content (AvgIpc) is 3.40. The van der Waals surface area contributed by atoms with Crippen molar-refractivity contribution in [2.24, 2.45) is 16.7 Å². The molecule has 40 heavy (non-hydrogen) atoms. The van der Waals surface area contributed by atoms with E-state index in [9.17, 15) is 24.3 Å². The summed E-state index contributed by atoms with van der Waals surface area (Å²) in [5.74, 6) is -3.45. The van der Waals surface area contributed by atoms with Gasteiger partial charge >= 0.3 is 5.97 Å². The van der Waals surface area contributed by atoms with E-state index in [1.165, 1.54) is 7.11 Å². The molecule has 0 aliphatic heterocycles. The van der Waals surface area contributed by atoms with Gasteiger partial charge in [-0.2, -0.15) is 0 Å². The molecule has 2 aliphatic carbocycles. The van der Waals surface area contributed by atoms with Gasteiger partial charge < -0.3 is 18.8 Å². The Balaban J connectivity index is 1.69. The maximum atomic E-state index is 13.5. The smallest absolute Gasteiger partial charge is 0.354 e. The average molecular weight is 546 g/mol. The molecule has 1 saturated carbocycles. The molecular weight excluding hydrogens is 510 g/mol. The van der Waals surface area contributed by atoms with Crippen LogP contribution in [0, 0.1) is 16.7 Å². The number of aliphatic hydroxyl groups excluding tert-OH is 1. The molecule has 1 unspecified atom stereocenters. The van der Waals surface area contributed by atoms with Crippen molar-refractivity contribution in [1.82, 2.24) is 4.57 Å². The molecule has 0 saturated heterocycles. The number of benzene rings is 1. The Morgan fingerprint density at radius 2 is 1.62 bits per heavy atom. The summed E-state index contributed by atoms with van der Waals surface area (Å²) in [4.78, 5) is 53.2. The molecule has 210 valence electrons. The summed E-state index contributed by atoms with van der Waals surface area (Å²) in [5, 5.41) is 11.2. The third-order valence-corrected chi connectivity index (χ3v) is 8.03. The molecule has 1 fully saturated rings. The quantitative estimate of drug-likeness (QED) is 0.302. The van der Waals surface area contributed by atoms with Crippen LogP contribution in [0.4, 0.5) is 0 Å². The largest absolute Gasteiger partial charge is 0.512 e. The van der Waals surface area contributed by atoms with E-state index in [-0.39, 0.29) is 65.8 Å². The number of rotatable bonds is 6. The van der Waals surface area contributed by atoms with Gasteiger partial charge in [0, 0.05) is 49.9 Å². The molecule has 2 aliphatic rings. The summed E-state index contributed by atoms with van der Waals surface area (Å²) < 4.78 is 13.0. The number of esters is 1. The number of fused-ring (bicyclic) bond motifs is 1. The van der Waals surface area contributed by atoms with E-state index < -0.39 is 28.6 Å². The number of methoxy groups -OCH3 is 1. The zero-order valence-corrected chi connectivity index (χ0v) is 23.6. The van der Waals surface area contributed by atoms with Crippen molar-refractivity contribution in [3.8, 4) is 0 Å². The lowest BCUT2D eigenvalue weighted by Gasteiger charge is -2.38. The number of furan rings is 1. The molecule has 8 heteroatoms. The molecule has 2 aromatic heterocycles. The second-order valence-corrected chi connectivity index (χ2v) is 12.7. The standard InChI is InChI=1S/C32H35NO7/c1-31(2)13-21(34)27(22(35)14-31)29(28-23(36)15-32(3,4)16-24(28)37)26-11-19-25(40-26)12-20(30(38)39-5)33(19)17-18-9-7-6-8-10-18/h6-12,27,29,36H,13-17H2,1-5H3. The first-order valence-corrected chi connectivity index (χ1v) is 13.6. The highest BCUT2D eigenvalue weighted by atomic mass is 16.5. The Bertz CT molecular complexity index is 1530. The van der Waals surface area contributed by atoms with Gasteiger partial charge in [-0.25, -0.2) is 4.79 Å². The predicted octanol–water partition coefficient (Wildman–Crippen LogP) is 5.93. The molecule has 0 radical (unpaired) electrons. The van der Waals surface area contributed by atoms with Crippen LogP contribution in [0.25, 0.3) is 11.1 Å². The van der Waals surface area contributed by atoms with Crippen LogP contribution in [0.15, 0.2) is 58.2 Å². The molecule has 1 atom stereocenters. The van der Waals surface area contributed by atoms with E-state index >= 15 is 0 Å². The summed E-state index contributed by atoms with van der Waals surface area (Å²) >= 11 is 0. The lowest BCUT2D eigenvalue weighted by molar-refractivity contribution is -0.140. The van der Waals surface area contributed by atoms with Crippen LogP contribution in [0.2, 0.25) is 0 Å². The minimum Gasteiger partial charge on any atom is -0.512 e. The van der Waals surface area contributed by atoms with Gasteiger partial charge in [-0.05, 0) is 16.4 Å². The fraction of sp³-hybridized carbons (Fsp3) is 0.438. The maximum Gasteiger partial charge on any atom is 0.354 e. The summed E-state index contributed by atoms with van der Waals surface area (Å²) in [5.41, 5.74) is 1.28. The zero-order chi connectivity index (χ0) is 29.0. The molecule has 0 bridgehead atoms. The number of ketones is 3. The van der Waals surface area contributed by atoms with Crippen molar-refractivity contribution in [2.45, 2.75) is 65.8 Å². The van der Waals surface area contributed by atoms with Crippen molar-refractivity contribution in [3.05, 3.63) is 70.8 Å². The number of Topliss-reactive ketones (excluding diaryl/α,β-unsaturated/α-hetero) is 3. The number of hydrogen-bond donors (Lipinski definition) is 1. The normalized spacial score (nSPS) is 20.3.